The molecule has 0 unspecified atom stereocenters. The molecule has 1 aliphatic carbocycles. The minimum absolute atomic E-state index is 0.0158. The Morgan fingerprint density at radius 2 is 1.94 bits per heavy atom. The van der Waals surface area contributed by atoms with Gasteiger partial charge < -0.3 is 14.8 Å². The second-order valence-corrected chi connectivity index (χ2v) is 4.90. The Bertz CT molecular complexity index is 476. The predicted octanol–water partition coefficient (Wildman–Crippen LogP) is 2.95. The quantitative estimate of drug-likeness (QED) is 0.914. The van der Waals surface area contributed by atoms with Crippen molar-refractivity contribution in [3.8, 4) is 11.5 Å². The number of rotatable bonds is 4. The Labute approximate surface area is 111 Å². The molecule has 0 radical (unpaired) electrons. The summed E-state index contributed by atoms with van der Waals surface area (Å²) in [6.45, 7) is 2.06. The third-order valence-corrected chi connectivity index (χ3v) is 3.47. The Balaban J connectivity index is 2.21. The molecule has 98 valence electrons. The molecule has 0 saturated heterocycles. The van der Waals surface area contributed by atoms with E-state index in [1.54, 1.807) is 12.1 Å². The molecule has 1 N–H and O–H groups in total. The molecule has 1 aliphatic rings. The van der Waals surface area contributed by atoms with Crippen molar-refractivity contribution in [2.75, 3.05) is 19.5 Å². The fourth-order valence-electron chi connectivity index (χ4n) is 1.87. The first-order valence-corrected chi connectivity index (χ1v) is 6.17. The summed E-state index contributed by atoms with van der Waals surface area (Å²) in [7, 11) is 3.07. The zero-order valence-electron chi connectivity index (χ0n) is 10.6. The van der Waals surface area contributed by atoms with Gasteiger partial charge in [-0.1, -0.05) is 18.5 Å². The Kier molecular flexibility index (Phi) is 3.66. The van der Waals surface area contributed by atoms with Gasteiger partial charge in [0.15, 0.2) is 0 Å². The molecule has 2 rings (SSSR count). The van der Waals surface area contributed by atoms with Crippen LogP contribution in [0.15, 0.2) is 12.1 Å². The molecule has 18 heavy (non-hydrogen) atoms. The lowest BCUT2D eigenvalue weighted by Gasteiger charge is -2.13. The van der Waals surface area contributed by atoms with Crippen LogP contribution in [0.1, 0.15) is 13.3 Å². The Morgan fingerprint density at radius 1 is 1.33 bits per heavy atom. The van der Waals surface area contributed by atoms with Crippen LogP contribution >= 0.6 is 11.6 Å². The number of anilines is 1. The van der Waals surface area contributed by atoms with Crippen LogP contribution in [-0.2, 0) is 4.79 Å². The summed E-state index contributed by atoms with van der Waals surface area (Å²) in [6.07, 6.45) is 0.942. The molecule has 0 heterocycles. The van der Waals surface area contributed by atoms with Crippen molar-refractivity contribution in [1.82, 2.24) is 0 Å². The molecular weight excluding hydrogens is 254 g/mol. The number of halogens is 1. The summed E-state index contributed by atoms with van der Waals surface area (Å²) in [6, 6.07) is 3.30. The summed E-state index contributed by atoms with van der Waals surface area (Å²) in [5.74, 6) is 1.64. The van der Waals surface area contributed by atoms with Gasteiger partial charge in [-0.25, -0.2) is 0 Å². The van der Waals surface area contributed by atoms with Gasteiger partial charge in [0.2, 0.25) is 5.91 Å². The lowest BCUT2D eigenvalue weighted by Crippen LogP contribution is -2.15. The molecule has 0 aromatic heterocycles. The van der Waals surface area contributed by atoms with E-state index in [2.05, 4.69) is 12.2 Å². The number of nitrogens with one attached hydrogen (secondary N) is 1. The van der Waals surface area contributed by atoms with Crippen molar-refractivity contribution < 1.29 is 14.3 Å². The normalized spacial score (nSPS) is 21.3. The third kappa shape index (κ3) is 2.53. The maximum atomic E-state index is 11.9. The van der Waals surface area contributed by atoms with E-state index in [-0.39, 0.29) is 11.8 Å². The molecule has 1 aromatic carbocycles. The van der Waals surface area contributed by atoms with Crippen molar-refractivity contribution in [2.45, 2.75) is 13.3 Å². The van der Waals surface area contributed by atoms with Crippen LogP contribution in [0.5, 0.6) is 11.5 Å². The van der Waals surface area contributed by atoms with Crippen molar-refractivity contribution in [1.29, 1.82) is 0 Å². The van der Waals surface area contributed by atoms with E-state index in [1.165, 1.54) is 14.2 Å². The Morgan fingerprint density at radius 3 is 2.44 bits per heavy atom. The second kappa shape index (κ2) is 5.06. The van der Waals surface area contributed by atoms with E-state index in [9.17, 15) is 4.79 Å². The summed E-state index contributed by atoms with van der Waals surface area (Å²) in [5.41, 5.74) is 0.576. The van der Waals surface area contributed by atoms with Gasteiger partial charge in [-0.15, -0.1) is 0 Å². The summed E-state index contributed by atoms with van der Waals surface area (Å²) in [4.78, 5) is 11.9. The topological polar surface area (TPSA) is 47.6 Å². The number of benzene rings is 1. The average molecular weight is 270 g/mol. The first kappa shape index (κ1) is 13.0. The van der Waals surface area contributed by atoms with E-state index in [4.69, 9.17) is 21.1 Å². The smallest absolute Gasteiger partial charge is 0.227 e. The molecule has 0 aliphatic heterocycles. The van der Waals surface area contributed by atoms with E-state index in [1.807, 2.05) is 0 Å². The fourth-order valence-corrected chi connectivity index (χ4v) is 2.11. The SMILES string of the molecule is COc1cc(OC)c(NC(=O)[C@@H]2C[C@H]2C)cc1Cl. The van der Waals surface area contributed by atoms with Crippen LogP contribution in [0.2, 0.25) is 5.02 Å². The summed E-state index contributed by atoms with van der Waals surface area (Å²) in [5, 5.41) is 3.28. The zero-order chi connectivity index (χ0) is 13.3. The van der Waals surface area contributed by atoms with Crippen molar-refractivity contribution in [3.05, 3.63) is 17.2 Å². The maximum absolute atomic E-state index is 11.9. The third-order valence-electron chi connectivity index (χ3n) is 3.18. The number of hydrogen-bond donors (Lipinski definition) is 1. The van der Waals surface area contributed by atoms with E-state index in [0.717, 1.165) is 6.42 Å². The van der Waals surface area contributed by atoms with Gasteiger partial charge in [0.05, 0.1) is 24.9 Å². The molecular formula is C13H16ClNO3. The van der Waals surface area contributed by atoms with E-state index < -0.39 is 0 Å². The summed E-state index contributed by atoms with van der Waals surface area (Å²) < 4.78 is 10.3. The highest BCUT2D eigenvalue weighted by Gasteiger charge is 2.39. The molecule has 1 saturated carbocycles. The molecule has 2 atom stereocenters. The van der Waals surface area contributed by atoms with Gasteiger partial charge in [0.1, 0.15) is 11.5 Å². The van der Waals surface area contributed by atoms with Gasteiger partial charge in [-0.2, -0.15) is 0 Å². The lowest BCUT2D eigenvalue weighted by atomic mass is 10.2. The monoisotopic (exact) mass is 269 g/mol. The van der Waals surface area contributed by atoms with Crippen LogP contribution in [-0.4, -0.2) is 20.1 Å². The predicted molar refractivity (Wildman–Crippen MR) is 70.5 cm³/mol. The number of amides is 1. The van der Waals surface area contributed by atoms with Crippen LogP contribution in [0.25, 0.3) is 0 Å². The highest BCUT2D eigenvalue weighted by molar-refractivity contribution is 6.32. The standard InChI is InChI=1S/C13H16ClNO3/c1-7-4-8(7)13(16)15-10-5-9(14)11(17-2)6-12(10)18-3/h5-8H,4H2,1-3H3,(H,15,16)/t7-,8-/m1/s1. The lowest BCUT2D eigenvalue weighted by molar-refractivity contribution is -0.117. The van der Waals surface area contributed by atoms with Gasteiger partial charge in [0, 0.05) is 12.0 Å². The first-order valence-electron chi connectivity index (χ1n) is 5.79. The molecule has 0 spiro atoms. The van der Waals surface area contributed by atoms with Crippen molar-refractivity contribution in [3.63, 3.8) is 0 Å². The van der Waals surface area contributed by atoms with Gasteiger partial charge in [-0.3, -0.25) is 4.79 Å². The first-order chi connectivity index (χ1) is 8.56. The molecule has 4 nitrogen and oxygen atoms in total. The highest BCUT2D eigenvalue weighted by Crippen LogP contribution is 2.40. The largest absolute Gasteiger partial charge is 0.495 e. The van der Waals surface area contributed by atoms with E-state index >= 15 is 0 Å². The van der Waals surface area contributed by atoms with Gasteiger partial charge in [0.25, 0.3) is 0 Å². The van der Waals surface area contributed by atoms with Crippen molar-refractivity contribution >= 4 is 23.2 Å². The number of carbonyl (C=O) groups is 1. The number of hydrogen-bond acceptors (Lipinski definition) is 3. The summed E-state index contributed by atoms with van der Waals surface area (Å²) >= 11 is 6.03. The molecule has 1 fully saturated rings. The van der Waals surface area contributed by atoms with Gasteiger partial charge in [-0.05, 0) is 18.4 Å². The highest BCUT2D eigenvalue weighted by atomic mass is 35.5. The minimum Gasteiger partial charge on any atom is -0.495 e. The van der Waals surface area contributed by atoms with Crippen LogP contribution < -0.4 is 14.8 Å². The van der Waals surface area contributed by atoms with Crippen LogP contribution in [0.4, 0.5) is 5.69 Å². The van der Waals surface area contributed by atoms with E-state index in [0.29, 0.717) is 28.1 Å². The fraction of sp³-hybridized carbons (Fsp3) is 0.462. The molecule has 0 bridgehead atoms. The second-order valence-electron chi connectivity index (χ2n) is 4.50. The average Bonchev–Trinajstić information content (AvgIpc) is 3.07. The Hall–Kier alpha value is -1.42. The minimum atomic E-state index is 0.0158. The number of methoxy groups -OCH3 is 2. The van der Waals surface area contributed by atoms with Crippen LogP contribution in [0.3, 0.4) is 0 Å². The van der Waals surface area contributed by atoms with Gasteiger partial charge >= 0.3 is 0 Å². The maximum Gasteiger partial charge on any atom is 0.227 e. The molecule has 1 amide bonds. The number of carbonyl (C=O) groups excluding carboxylic acids is 1. The zero-order valence-corrected chi connectivity index (χ0v) is 11.4. The molecule has 5 heteroatoms. The molecule has 1 aromatic rings. The number of ether oxygens (including phenoxy) is 2. The van der Waals surface area contributed by atoms with Crippen molar-refractivity contribution in [2.24, 2.45) is 11.8 Å². The van der Waals surface area contributed by atoms with Crippen LogP contribution in [0, 0.1) is 11.8 Å².